The average Bonchev–Trinajstić information content (AvgIpc) is 3.38. The van der Waals surface area contributed by atoms with E-state index in [1.165, 1.54) is 0 Å². The standard InChI is InChI=1S/C31H36Cl2N4O4.ClH/c1-2-37-26-13-12-25(32)29(33)24(26)18-27(37)30(39)34-21-8-10-22(11-9-21)35-14-16-36(17-15-35)28(38)19-23(31(40)41)20-6-4-3-5-7-20;/h8-13,18,20,23H,2-7,14-17,19H2,1H3,(H,34,39)(H,40,41);1H. The number of piperazine rings is 1. The first kappa shape index (κ1) is 32.0. The summed E-state index contributed by atoms with van der Waals surface area (Å²) in [5.74, 6) is -1.62. The number of carboxylic acids is 1. The quantitative estimate of drug-likeness (QED) is 0.279. The summed E-state index contributed by atoms with van der Waals surface area (Å²) >= 11 is 12.6. The van der Waals surface area contributed by atoms with Crippen LogP contribution in [0.25, 0.3) is 10.9 Å². The molecule has 0 spiro atoms. The lowest BCUT2D eigenvalue weighted by atomic mass is 9.78. The monoisotopic (exact) mass is 634 g/mol. The first-order valence-electron chi connectivity index (χ1n) is 14.4. The van der Waals surface area contributed by atoms with Gasteiger partial charge in [0, 0.05) is 55.9 Å². The Morgan fingerprint density at radius 1 is 0.976 bits per heavy atom. The molecule has 11 heteroatoms. The van der Waals surface area contributed by atoms with Crippen LogP contribution in [0.2, 0.25) is 10.0 Å². The second-order valence-corrected chi connectivity index (χ2v) is 11.8. The number of aryl methyl sites for hydroxylation is 1. The van der Waals surface area contributed by atoms with Crippen molar-refractivity contribution in [2.45, 2.75) is 52.0 Å². The van der Waals surface area contributed by atoms with E-state index >= 15 is 0 Å². The molecule has 8 nitrogen and oxygen atoms in total. The molecule has 1 unspecified atom stereocenters. The van der Waals surface area contributed by atoms with Crippen molar-refractivity contribution in [3.63, 3.8) is 0 Å². The highest BCUT2D eigenvalue weighted by Crippen LogP contribution is 2.34. The third-order valence-corrected chi connectivity index (χ3v) is 9.39. The third kappa shape index (κ3) is 6.82. The molecule has 3 aromatic rings. The van der Waals surface area contributed by atoms with Gasteiger partial charge in [-0.2, -0.15) is 0 Å². The van der Waals surface area contributed by atoms with E-state index in [0.29, 0.717) is 54.2 Å². The maximum Gasteiger partial charge on any atom is 0.307 e. The molecule has 1 saturated carbocycles. The smallest absolute Gasteiger partial charge is 0.307 e. The van der Waals surface area contributed by atoms with Crippen molar-refractivity contribution in [2.24, 2.45) is 11.8 Å². The minimum atomic E-state index is -0.847. The van der Waals surface area contributed by atoms with Crippen LogP contribution in [-0.4, -0.2) is 58.5 Å². The van der Waals surface area contributed by atoms with Gasteiger partial charge < -0.3 is 24.8 Å². The summed E-state index contributed by atoms with van der Waals surface area (Å²) in [6, 6.07) is 13.0. The van der Waals surface area contributed by atoms with Crippen molar-refractivity contribution in [2.75, 3.05) is 36.4 Å². The number of benzene rings is 2. The summed E-state index contributed by atoms with van der Waals surface area (Å²) in [5, 5.41) is 14.4. The molecule has 42 heavy (non-hydrogen) atoms. The predicted octanol–water partition coefficient (Wildman–Crippen LogP) is 6.96. The van der Waals surface area contributed by atoms with Crippen molar-refractivity contribution in [3.8, 4) is 0 Å². The van der Waals surface area contributed by atoms with Gasteiger partial charge in [-0.1, -0.05) is 42.5 Å². The molecule has 0 radical (unpaired) electrons. The van der Waals surface area contributed by atoms with E-state index in [-0.39, 0.29) is 36.6 Å². The number of hydrogen-bond donors (Lipinski definition) is 2. The van der Waals surface area contributed by atoms with Crippen molar-refractivity contribution in [3.05, 3.63) is 58.2 Å². The zero-order chi connectivity index (χ0) is 29.1. The topological polar surface area (TPSA) is 94.9 Å². The summed E-state index contributed by atoms with van der Waals surface area (Å²) in [6.45, 7) is 5.03. The fourth-order valence-electron chi connectivity index (χ4n) is 6.28. The first-order valence-corrected chi connectivity index (χ1v) is 15.2. The van der Waals surface area contributed by atoms with Crippen LogP contribution < -0.4 is 10.2 Å². The number of anilines is 2. The van der Waals surface area contributed by atoms with Crippen molar-refractivity contribution >= 4 is 75.7 Å². The van der Waals surface area contributed by atoms with Crippen LogP contribution in [0, 0.1) is 11.8 Å². The Labute approximate surface area is 262 Å². The Balaban J connectivity index is 0.00000405. The van der Waals surface area contributed by atoms with Crippen molar-refractivity contribution in [1.82, 2.24) is 9.47 Å². The molecule has 2 aromatic carbocycles. The van der Waals surface area contributed by atoms with E-state index in [2.05, 4.69) is 10.2 Å². The highest BCUT2D eigenvalue weighted by molar-refractivity contribution is 6.45. The summed E-state index contributed by atoms with van der Waals surface area (Å²) in [7, 11) is 0. The number of carbonyl (C=O) groups excluding carboxylic acids is 2. The Kier molecular flexibility index (Phi) is 10.7. The van der Waals surface area contributed by atoms with Gasteiger partial charge in [-0.05, 0) is 68.1 Å². The molecule has 2 amide bonds. The van der Waals surface area contributed by atoms with Crippen LogP contribution in [0.3, 0.4) is 0 Å². The lowest BCUT2D eigenvalue weighted by Gasteiger charge is -2.37. The molecule has 1 aliphatic heterocycles. The summed E-state index contributed by atoms with van der Waals surface area (Å²) in [6.07, 6.45) is 5.15. The molecule has 1 saturated heterocycles. The van der Waals surface area contributed by atoms with Crippen LogP contribution in [0.4, 0.5) is 11.4 Å². The molecular weight excluding hydrogens is 599 g/mol. The maximum absolute atomic E-state index is 13.2. The normalized spacial score (nSPS) is 16.6. The van der Waals surface area contributed by atoms with Gasteiger partial charge >= 0.3 is 5.97 Å². The highest BCUT2D eigenvalue weighted by Gasteiger charge is 2.33. The van der Waals surface area contributed by atoms with Gasteiger partial charge in [-0.25, -0.2) is 0 Å². The minimum Gasteiger partial charge on any atom is -0.481 e. The van der Waals surface area contributed by atoms with E-state index in [9.17, 15) is 19.5 Å². The second-order valence-electron chi connectivity index (χ2n) is 11.0. The van der Waals surface area contributed by atoms with Gasteiger partial charge in [0.05, 0.1) is 21.5 Å². The first-order chi connectivity index (χ1) is 19.8. The zero-order valence-electron chi connectivity index (χ0n) is 23.7. The maximum atomic E-state index is 13.2. The van der Waals surface area contributed by atoms with Gasteiger partial charge in [0.2, 0.25) is 5.91 Å². The summed E-state index contributed by atoms with van der Waals surface area (Å²) < 4.78 is 1.91. The number of hydrogen-bond acceptors (Lipinski definition) is 4. The number of nitrogens with one attached hydrogen (secondary N) is 1. The van der Waals surface area contributed by atoms with Crippen LogP contribution in [0.1, 0.15) is 55.9 Å². The van der Waals surface area contributed by atoms with Crippen LogP contribution in [-0.2, 0) is 16.1 Å². The highest BCUT2D eigenvalue weighted by atomic mass is 35.5. The van der Waals surface area contributed by atoms with E-state index in [1.54, 1.807) is 17.0 Å². The number of nitrogens with zero attached hydrogens (tertiary/aromatic N) is 3. The van der Waals surface area contributed by atoms with E-state index in [4.69, 9.17) is 23.2 Å². The number of carboxylic acid groups (broad SMARTS) is 1. The number of amides is 2. The molecule has 2 heterocycles. The Bertz CT molecular complexity index is 1430. The third-order valence-electron chi connectivity index (χ3n) is 8.57. The fourth-order valence-corrected chi connectivity index (χ4v) is 6.66. The summed E-state index contributed by atoms with van der Waals surface area (Å²) in [4.78, 5) is 42.1. The Morgan fingerprint density at radius 3 is 2.26 bits per heavy atom. The average molecular weight is 636 g/mol. The van der Waals surface area contributed by atoms with Crippen LogP contribution >= 0.6 is 35.6 Å². The number of rotatable bonds is 8. The van der Waals surface area contributed by atoms with E-state index in [1.807, 2.05) is 41.8 Å². The van der Waals surface area contributed by atoms with Gasteiger partial charge in [-0.15, -0.1) is 12.4 Å². The van der Waals surface area contributed by atoms with Crippen LogP contribution in [0.5, 0.6) is 0 Å². The van der Waals surface area contributed by atoms with Gasteiger partial charge in [-0.3, -0.25) is 14.4 Å². The molecular formula is C31H37Cl3N4O4. The molecule has 1 aliphatic carbocycles. The SMILES string of the molecule is CCn1c(C(=O)Nc2ccc(N3CCN(C(=O)CC(C(=O)O)C4CCCCC4)CC3)cc2)cc2c(Cl)c(Cl)ccc21.Cl. The molecule has 5 rings (SSSR count). The largest absolute Gasteiger partial charge is 0.481 e. The zero-order valence-corrected chi connectivity index (χ0v) is 26.0. The lowest BCUT2D eigenvalue weighted by Crippen LogP contribution is -2.49. The Morgan fingerprint density at radius 2 is 1.64 bits per heavy atom. The molecule has 0 bridgehead atoms. The van der Waals surface area contributed by atoms with E-state index < -0.39 is 11.9 Å². The van der Waals surface area contributed by atoms with Crippen molar-refractivity contribution in [1.29, 1.82) is 0 Å². The van der Waals surface area contributed by atoms with Crippen LogP contribution in [0.15, 0.2) is 42.5 Å². The predicted molar refractivity (Wildman–Crippen MR) is 170 cm³/mol. The molecule has 1 atom stereocenters. The number of aromatic nitrogens is 1. The number of halogens is 3. The number of fused-ring (bicyclic) bond motifs is 1. The van der Waals surface area contributed by atoms with Gasteiger partial charge in [0.1, 0.15) is 5.69 Å². The molecule has 2 fully saturated rings. The molecule has 1 aromatic heterocycles. The summed E-state index contributed by atoms with van der Waals surface area (Å²) in [5.41, 5.74) is 3.04. The number of aliphatic carboxylic acids is 1. The lowest BCUT2D eigenvalue weighted by molar-refractivity contribution is -0.148. The molecule has 226 valence electrons. The van der Waals surface area contributed by atoms with Gasteiger partial charge in [0.15, 0.2) is 0 Å². The Hall–Kier alpha value is -2.94. The minimum absolute atomic E-state index is 0. The van der Waals surface area contributed by atoms with Gasteiger partial charge in [0.25, 0.3) is 5.91 Å². The fraction of sp³-hybridized carbons (Fsp3) is 0.452. The van der Waals surface area contributed by atoms with Crippen molar-refractivity contribution < 1.29 is 19.5 Å². The van der Waals surface area contributed by atoms with E-state index in [0.717, 1.165) is 48.7 Å². The molecule has 2 aliphatic rings. The number of carbonyl (C=O) groups is 3. The second kappa shape index (κ2) is 14.0. The molecule has 2 N–H and O–H groups in total.